The normalized spacial score (nSPS) is 13.7. The van der Waals surface area contributed by atoms with Crippen molar-refractivity contribution in [3.8, 4) is 0 Å². The SMILES string of the molecule is Cc1ccc(C(=O)Nc2ccc(N3CCN(c4cc(Cl)ccc4C)CC3)c(C(=O)O)c2)cc1. The van der Waals surface area contributed by atoms with Gasteiger partial charge in [-0.3, -0.25) is 4.79 Å². The molecule has 6 nitrogen and oxygen atoms in total. The summed E-state index contributed by atoms with van der Waals surface area (Å²) in [6, 6.07) is 18.1. The van der Waals surface area contributed by atoms with E-state index in [0.29, 0.717) is 35.1 Å². The van der Waals surface area contributed by atoms with Crippen LogP contribution in [0.1, 0.15) is 31.8 Å². The molecule has 0 atom stereocenters. The molecule has 0 spiro atoms. The molecule has 0 saturated carbocycles. The van der Waals surface area contributed by atoms with Crippen LogP contribution in [-0.4, -0.2) is 43.2 Å². The molecule has 3 aromatic carbocycles. The number of amides is 1. The topological polar surface area (TPSA) is 72.9 Å². The monoisotopic (exact) mass is 463 g/mol. The number of hydrogen-bond acceptors (Lipinski definition) is 4. The second-order valence-corrected chi connectivity index (χ2v) is 8.70. The first-order chi connectivity index (χ1) is 15.8. The molecule has 4 rings (SSSR count). The van der Waals surface area contributed by atoms with Crippen LogP contribution in [0, 0.1) is 13.8 Å². The number of aromatic carboxylic acids is 1. The minimum absolute atomic E-state index is 0.170. The highest BCUT2D eigenvalue weighted by atomic mass is 35.5. The lowest BCUT2D eigenvalue weighted by Crippen LogP contribution is -2.47. The van der Waals surface area contributed by atoms with Crippen LogP contribution in [-0.2, 0) is 0 Å². The van der Waals surface area contributed by atoms with Gasteiger partial charge in [-0.25, -0.2) is 4.79 Å². The van der Waals surface area contributed by atoms with Gasteiger partial charge < -0.3 is 20.2 Å². The lowest BCUT2D eigenvalue weighted by molar-refractivity contribution is 0.0697. The molecule has 1 heterocycles. The maximum absolute atomic E-state index is 12.5. The molecule has 1 amide bonds. The summed E-state index contributed by atoms with van der Waals surface area (Å²) in [7, 11) is 0. The zero-order valence-corrected chi connectivity index (χ0v) is 19.4. The molecular formula is C26H26ClN3O3. The Kier molecular flexibility index (Phi) is 6.56. The predicted molar refractivity (Wildman–Crippen MR) is 133 cm³/mol. The minimum Gasteiger partial charge on any atom is -0.478 e. The second kappa shape index (κ2) is 9.55. The van der Waals surface area contributed by atoms with Crippen molar-refractivity contribution in [1.82, 2.24) is 0 Å². The van der Waals surface area contributed by atoms with Crippen LogP contribution < -0.4 is 15.1 Å². The maximum atomic E-state index is 12.5. The molecule has 1 saturated heterocycles. The fraction of sp³-hybridized carbons (Fsp3) is 0.231. The van der Waals surface area contributed by atoms with E-state index >= 15 is 0 Å². The van der Waals surface area contributed by atoms with Crippen molar-refractivity contribution in [1.29, 1.82) is 0 Å². The molecule has 7 heteroatoms. The minimum atomic E-state index is -1.02. The van der Waals surface area contributed by atoms with Crippen molar-refractivity contribution in [3.05, 3.63) is 87.9 Å². The average Bonchev–Trinajstić information content (AvgIpc) is 2.81. The molecule has 0 unspecified atom stereocenters. The third kappa shape index (κ3) is 5.12. The first-order valence-electron chi connectivity index (χ1n) is 10.8. The average molecular weight is 464 g/mol. The van der Waals surface area contributed by atoms with Crippen LogP contribution in [0.5, 0.6) is 0 Å². The third-order valence-electron chi connectivity index (χ3n) is 5.93. The van der Waals surface area contributed by atoms with Crippen molar-refractivity contribution in [3.63, 3.8) is 0 Å². The van der Waals surface area contributed by atoms with E-state index in [1.165, 1.54) is 6.07 Å². The van der Waals surface area contributed by atoms with Gasteiger partial charge in [-0.05, 0) is 61.9 Å². The van der Waals surface area contributed by atoms with Gasteiger partial charge in [0.2, 0.25) is 0 Å². The number of nitrogens with one attached hydrogen (secondary N) is 1. The highest BCUT2D eigenvalue weighted by molar-refractivity contribution is 6.30. The van der Waals surface area contributed by atoms with Crippen LogP contribution in [0.25, 0.3) is 0 Å². The molecule has 33 heavy (non-hydrogen) atoms. The number of benzene rings is 3. The van der Waals surface area contributed by atoms with E-state index in [4.69, 9.17) is 11.6 Å². The van der Waals surface area contributed by atoms with Crippen LogP contribution in [0.4, 0.5) is 17.1 Å². The molecule has 1 aliphatic heterocycles. The molecule has 1 fully saturated rings. The summed E-state index contributed by atoms with van der Waals surface area (Å²) in [6.07, 6.45) is 0. The van der Waals surface area contributed by atoms with Crippen molar-refractivity contribution < 1.29 is 14.7 Å². The van der Waals surface area contributed by atoms with Gasteiger partial charge in [-0.15, -0.1) is 0 Å². The predicted octanol–water partition coefficient (Wildman–Crippen LogP) is 5.23. The molecule has 1 aliphatic rings. The molecule has 170 valence electrons. The van der Waals surface area contributed by atoms with Crippen LogP contribution in [0.3, 0.4) is 0 Å². The smallest absolute Gasteiger partial charge is 0.337 e. The van der Waals surface area contributed by atoms with E-state index in [-0.39, 0.29) is 11.5 Å². The zero-order chi connectivity index (χ0) is 23.5. The lowest BCUT2D eigenvalue weighted by Gasteiger charge is -2.38. The Morgan fingerprint density at radius 2 is 1.48 bits per heavy atom. The third-order valence-corrected chi connectivity index (χ3v) is 6.17. The summed E-state index contributed by atoms with van der Waals surface area (Å²) >= 11 is 6.18. The number of carbonyl (C=O) groups is 2. The molecule has 3 aromatic rings. The van der Waals surface area contributed by atoms with Crippen molar-refractivity contribution in [2.24, 2.45) is 0 Å². The Morgan fingerprint density at radius 1 is 0.848 bits per heavy atom. The number of anilines is 3. The van der Waals surface area contributed by atoms with Crippen molar-refractivity contribution >= 4 is 40.5 Å². The van der Waals surface area contributed by atoms with E-state index in [2.05, 4.69) is 22.0 Å². The number of rotatable bonds is 5. The summed E-state index contributed by atoms with van der Waals surface area (Å²) in [5.74, 6) is -1.30. The largest absolute Gasteiger partial charge is 0.478 e. The second-order valence-electron chi connectivity index (χ2n) is 8.26. The lowest BCUT2D eigenvalue weighted by atomic mass is 10.1. The van der Waals surface area contributed by atoms with Crippen LogP contribution in [0.2, 0.25) is 5.02 Å². The molecular weight excluding hydrogens is 438 g/mol. The van der Waals surface area contributed by atoms with Gasteiger partial charge in [0.25, 0.3) is 5.91 Å². The zero-order valence-electron chi connectivity index (χ0n) is 18.6. The van der Waals surface area contributed by atoms with E-state index in [1.54, 1.807) is 24.3 Å². The quantitative estimate of drug-likeness (QED) is 0.541. The summed E-state index contributed by atoms with van der Waals surface area (Å²) in [4.78, 5) is 28.9. The number of carbonyl (C=O) groups excluding carboxylic acids is 1. The van der Waals surface area contributed by atoms with E-state index in [0.717, 1.165) is 29.9 Å². The van der Waals surface area contributed by atoms with Crippen LogP contribution >= 0.6 is 11.6 Å². The van der Waals surface area contributed by atoms with E-state index in [1.807, 2.05) is 37.3 Å². The number of nitrogens with zero attached hydrogens (tertiary/aromatic N) is 2. The first kappa shape index (κ1) is 22.7. The Hall–Kier alpha value is -3.51. The maximum Gasteiger partial charge on any atom is 0.337 e. The Labute approximate surface area is 198 Å². The number of halogens is 1. The van der Waals surface area contributed by atoms with Crippen molar-refractivity contribution in [2.45, 2.75) is 13.8 Å². The summed E-state index contributed by atoms with van der Waals surface area (Å²) in [5, 5.41) is 13.3. The highest BCUT2D eigenvalue weighted by Crippen LogP contribution is 2.29. The number of carboxylic acid groups (broad SMARTS) is 1. The van der Waals surface area contributed by atoms with E-state index < -0.39 is 5.97 Å². The summed E-state index contributed by atoms with van der Waals surface area (Å²) < 4.78 is 0. The first-order valence-corrected chi connectivity index (χ1v) is 11.2. The van der Waals surface area contributed by atoms with Gasteiger partial charge in [0.05, 0.1) is 11.3 Å². The van der Waals surface area contributed by atoms with Crippen molar-refractivity contribution in [2.75, 3.05) is 41.3 Å². The van der Waals surface area contributed by atoms with Gasteiger partial charge in [0, 0.05) is 48.1 Å². The number of aryl methyl sites for hydroxylation is 2. The fourth-order valence-corrected chi connectivity index (χ4v) is 4.25. The van der Waals surface area contributed by atoms with Gasteiger partial charge in [-0.1, -0.05) is 35.4 Å². The molecule has 0 bridgehead atoms. The summed E-state index contributed by atoms with van der Waals surface area (Å²) in [5.41, 5.74) is 5.13. The summed E-state index contributed by atoms with van der Waals surface area (Å²) in [6.45, 7) is 6.89. The van der Waals surface area contributed by atoms with Gasteiger partial charge in [0.1, 0.15) is 0 Å². The van der Waals surface area contributed by atoms with Gasteiger partial charge in [-0.2, -0.15) is 0 Å². The Balaban J connectivity index is 1.49. The van der Waals surface area contributed by atoms with E-state index in [9.17, 15) is 14.7 Å². The number of hydrogen-bond donors (Lipinski definition) is 2. The Morgan fingerprint density at radius 3 is 2.12 bits per heavy atom. The molecule has 0 aliphatic carbocycles. The number of carboxylic acids is 1. The van der Waals surface area contributed by atoms with Gasteiger partial charge >= 0.3 is 5.97 Å². The van der Waals surface area contributed by atoms with Crippen LogP contribution in [0.15, 0.2) is 60.7 Å². The fourth-order valence-electron chi connectivity index (χ4n) is 4.08. The molecule has 0 aromatic heterocycles. The molecule has 0 radical (unpaired) electrons. The van der Waals surface area contributed by atoms with Gasteiger partial charge in [0.15, 0.2) is 0 Å². The standard InChI is InChI=1S/C26H26ClN3O3/c1-17-3-6-19(7-4-17)25(31)28-21-9-10-23(22(16-21)26(32)33)29-11-13-30(14-12-29)24-15-20(27)8-5-18(24)2/h3-10,15-16H,11-14H2,1-2H3,(H,28,31)(H,32,33). The Bertz CT molecular complexity index is 1190. The molecule has 2 N–H and O–H groups in total. The number of piperazine rings is 1. The highest BCUT2D eigenvalue weighted by Gasteiger charge is 2.23.